The summed E-state index contributed by atoms with van der Waals surface area (Å²) in [5.74, 6) is 0.145. The van der Waals surface area contributed by atoms with Crippen molar-refractivity contribution < 1.29 is 9.32 Å². The second-order valence-electron chi connectivity index (χ2n) is 6.15. The van der Waals surface area contributed by atoms with Crippen molar-refractivity contribution >= 4 is 23.6 Å². The van der Waals surface area contributed by atoms with Crippen LogP contribution in [0.1, 0.15) is 22.4 Å². The van der Waals surface area contributed by atoms with E-state index in [1.54, 1.807) is 6.07 Å². The van der Waals surface area contributed by atoms with Gasteiger partial charge in [-0.05, 0) is 32.4 Å². The largest absolute Gasteiger partial charge is 0.338 e. The summed E-state index contributed by atoms with van der Waals surface area (Å²) >= 11 is 1.22. The van der Waals surface area contributed by atoms with Gasteiger partial charge in [-0.3, -0.25) is 10.1 Å². The Kier molecular flexibility index (Phi) is 5.57. The van der Waals surface area contributed by atoms with Crippen LogP contribution in [0.15, 0.2) is 45.9 Å². The van der Waals surface area contributed by atoms with Gasteiger partial charge in [0.2, 0.25) is 11.8 Å². The van der Waals surface area contributed by atoms with Crippen molar-refractivity contribution in [2.75, 3.05) is 11.1 Å². The van der Waals surface area contributed by atoms with Crippen LogP contribution in [0.3, 0.4) is 0 Å². The summed E-state index contributed by atoms with van der Waals surface area (Å²) in [4.78, 5) is 16.6. The van der Waals surface area contributed by atoms with Crippen LogP contribution >= 0.6 is 11.8 Å². The van der Waals surface area contributed by atoms with Gasteiger partial charge in [0.25, 0.3) is 0 Å². The van der Waals surface area contributed by atoms with Gasteiger partial charge in [-0.1, -0.05) is 46.7 Å². The zero-order valence-electron chi connectivity index (χ0n) is 15.2. The lowest BCUT2D eigenvalue weighted by atomic mass is 10.1. The molecule has 3 rings (SSSR count). The van der Waals surface area contributed by atoms with E-state index in [0.29, 0.717) is 16.3 Å². The molecule has 0 radical (unpaired) electrons. The molecule has 0 aliphatic carbocycles. The third-order valence-corrected chi connectivity index (χ3v) is 4.86. The molecule has 0 atom stereocenters. The predicted octanol–water partition coefficient (Wildman–Crippen LogP) is 4.26. The quantitative estimate of drug-likeness (QED) is 0.667. The first-order valence-corrected chi connectivity index (χ1v) is 9.29. The molecule has 1 N–H and O–H groups in total. The Morgan fingerprint density at radius 2 is 1.96 bits per heavy atom. The molecule has 0 bridgehead atoms. The smallest absolute Gasteiger partial charge is 0.237 e. The first kappa shape index (κ1) is 18.7. The Labute approximate surface area is 161 Å². The highest BCUT2D eigenvalue weighted by atomic mass is 32.2. The number of nitrogens with one attached hydrogen (secondary N) is 1. The van der Waals surface area contributed by atoms with Gasteiger partial charge in [0.15, 0.2) is 0 Å². The lowest BCUT2D eigenvalue weighted by Gasteiger charge is -2.07. The summed E-state index contributed by atoms with van der Waals surface area (Å²) in [6.45, 7) is 5.73. The SMILES string of the molecule is Cc1ccc(-c2cc(NC(=O)CSc3nc(C)cc(C)c3C#N)on2)cc1. The molecule has 1 amide bonds. The van der Waals surface area contributed by atoms with Gasteiger partial charge in [-0.25, -0.2) is 4.98 Å². The normalized spacial score (nSPS) is 10.4. The fraction of sp³-hybridized carbons (Fsp3) is 0.200. The standard InChI is InChI=1S/C20H18N4O2S/c1-12-4-6-15(7-5-12)17-9-19(26-24-17)23-18(25)11-27-20-16(10-21)13(2)8-14(3)22-20/h4-9H,11H2,1-3H3,(H,23,25). The molecule has 0 aliphatic rings. The first-order chi connectivity index (χ1) is 13.0. The average Bonchev–Trinajstić information content (AvgIpc) is 3.08. The number of hydrogen-bond donors (Lipinski definition) is 1. The lowest BCUT2D eigenvalue weighted by Crippen LogP contribution is -2.14. The number of nitrogens with zero attached hydrogens (tertiary/aromatic N) is 3. The van der Waals surface area contributed by atoms with E-state index < -0.39 is 0 Å². The van der Waals surface area contributed by atoms with Crippen molar-refractivity contribution in [1.29, 1.82) is 5.26 Å². The zero-order chi connectivity index (χ0) is 19.4. The number of rotatable bonds is 5. The maximum absolute atomic E-state index is 12.2. The number of carbonyl (C=O) groups excluding carboxylic acids is 1. The number of pyridine rings is 1. The summed E-state index contributed by atoms with van der Waals surface area (Å²) in [6, 6.07) is 13.6. The van der Waals surface area contributed by atoms with E-state index in [9.17, 15) is 10.1 Å². The fourth-order valence-corrected chi connectivity index (χ4v) is 3.44. The molecular weight excluding hydrogens is 360 g/mol. The highest BCUT2D eigenvalue weighted by Gasteiger charge is 2.13. The summed E-state index contributed by atoms with van der Waals surface area (Å²) in [6.07, 6.45) is 0. The summed E-state index contributed by atoms with van der Waals surface area (Å²) in [7, 11) is 0. The number of aromatic nitrogens is 2. The number of carbonyl (C=O) groups is 1. The molecule has 7 heteroatoms. The van der Waals surface area contributed by atoms with Crippen molar-refractivity contribution in [1.82, 2.24) is 10.1 Å². The molecule has 0 saturated heterocycles. The van der Waals surface area contributed by atoms with Gasteiger partial charge >= 0.3 is 0 Å². The maximum atomic E-state index is 12.2. The molecule has 136 valence electrons. The van der Waals surface area contributed by atoms with Crippen LogP contribution in [0.5, 0.6) is 0 Å². The van der Waals surface area contributed by atoms with Crippen molar-refractivity contribution in [3.63, 3.8) is 0 Å². The van der Waals surface area contributed by atoms with Gasteiger partial charge < -0.3 is 4.52 Å². The van der Waals surface area contributed by atoms with Gasteiger partial charge in [0.1, 0.15) is 16.8 Å². The minimum Gasteiger partial charge on any atom is -0.338 e. The number of hydrogen-bond acceptors (Lipinski definition) is 6. The van der Waals surface area contributed by atoms with Crippen LogP contribution < -0.4 is 5.32 Å². The Morgan fingerprint density at radius 3 is 2.67 bits per heavy atom. The molecule has 27 heavy (non-hydrogen) atoms. The predicted molar refractivity (Wildman–Crippen MR) is 104 cm³/mol. The lowest BCUT2D eigenvalue weighted by molar-refractivity contribution is -0.113. The minimum atomic E-state index is -0.253. The van der Waals surface area contributed by atoms with Crippen LogP contribution in [-0.4, -0.2) is 21.8 Å². The number of thioether (sulfide) groups is 1. The van der Waals surface area contributed by atoms with Crippen molar-refractivity contribution in [2.24, 2.45) is 0 Å². The number of benzene rings is 1. The van der Waals surface area contributed by atoms with Crippen LogP contribution in [0.25, 0.3) is 11.3 Å². The van der Waals surface area contributed by atoms with Gasteiger partial charge in [0, 0.05) is 17.3 Å². The molecule has 0 aliphatic heterocycles. The van der Waals surface area contributed by atoms with E-state index in [1.165, 1.54) is 11.8 Å². The summed E-state index contributed by atoms with van der Waals surface area (Å²) < 4.78 is 5.20. The Morgan fingerprint density at radius 1 is 1.22 bits per heavy atom. The molecule has 2 heterocycles. The van der Waals surface area contributed by atoms with E-state index in [0.717, 1.165) is 22.4 Å². The van der Waals surface area contributed by atoms with Crippen molar-refractivity contribution in [3.8, 4) is 17.3 Å². The topological polar surface area (TPSA) is 91.8 Å². The Bertz CT molecular complexity index is 1020. The summed E-state index contributed by atoms with van der Waals surface area (Å²) in [5.41, 5.74) is 4.89. The van der Waals surface area contributed by atoms with Gasteiger partial charge in [-0.2, -0.15) is 5.26 Å². The fourth-order valence-electron chi connectivity index (χ4n) is 2.54. The second kappa shape index (κ2) is 8.06. The number of amides is 1. The van der Waals surface area contributed by atoms with Crippen LogP contribution in [0, 0.1) is 32.1 Å². The minimum absolute atomic E-state index is 0.116. The third kappa shape index (κ3) is 4.54. The molecule has 3 aromatic rings. The molecule has 6 nitrogen and oxygen atoms in total. The highest BCUT2D eigenvalue weighted by Crippen LogP contribution is 2.25. The molecule has 0 unspecified atom stereocenters. The van der Waals surface area contributed by atoms with E-state index in [4.69, 9.17) is 4.52 Å². The van der Waals surface area contributed by atoms with Crippen molar-refractivity contribution in [3.05, 3.63) is 58.8 Å². The molecular formula is C20H18N4O2S. The molecule has 1 aromatic carbocycles. The Balaban J connectivity index is 1.64. The van der Waals surface area contributed by atoms with Crippen LogP contribution in [-0.2, 0) is 4.79 Å². The maximum Gasteiger partial charge on any atom is 0.237 e. The monoisotopic (exact) mass is 378 g/mol. The molecule has 0 saturated carbocycles. The van der Waals surface area contributed by atoms with E-state index >= 15 is 0 Å². The van der Waals surface area contributed by atoms with Gasteiger partial charge in [0.05, 0.1) is 11.3 Å². The molecule has 0 fully saturated rings. The first-order valence-electron chi connectivity index (χ1n) is 8.31. The number of anilines is 1. The Hall–Kier alpha value is -3.11. The molecule has 2 aromatic heterocycles. The van der Waals surface area contributed by atoms with Crippen LogP contribution in [0.2, 0.25) is 0 Å². The van der Waals surface area contributed by atoms with Gasteiger partial charge in [-0.15, -0.1) is 0 Å². The van der Waals surface area contributed by atoms with Crippen molar-refractivity contribution in [2.45, 2.75) is 25.8 Å². The summed E-state index contributed by atoms with van der Waals surface area (Å²) in [5, 5.41) is 16.5. The van der Waals surface area contributed by atoms with Crippen LogP contribution in [0.4, 0.5) is 5.88 Å². The number of aryl methyl sites for hydroxylation is 3. The third-order valence-electron chi connectivity index (χ3n) is 3.88. The molecule has 0 spiro atoms. The average molecular weight is 378 g/mol. The van der Waals surface area contributed by atoms with E-state index in [-0.39, 0.29) is 17.5 Å². The van der Waals surface area contributed by atoms with E-state index in [1.807, 2.05) is 51.1 Å². The zero-order valence-corrected chi connectivity index (χ0v) is 16.1. The second-order valence-corrected chi connectivity index (χ2v) is 7.12. The van der Waals surface area contributed by atoms with E-state index in [2.05, 4.69) is 21.5 Å². The number of nitriles is 1. The highest BCUT2D eigenvalue weighted by molar-refractivity contribution is 8.00.